The zero-order chi connectivity index (χ0) is 33.1. The molecule has 2 aliphatic rings. The van der Waals surface area contributed by atoms with E-state index in [0.717, 1.165) is 0 Å². The number of nitrogens with zero attached hydrogens (tertiary/aromatic N) is 10. The van der Waals surface area contributed by atoms with Crippen LogP contribution in [0.15, 0.2) is 59.8 Å². The Hall–Kier alpha value is -8.48. The summed E-state index contributed by atoms with van der Waals surface area (Å²) >= 11 is 0. The highest BCUT2D eigenvalue weighted by Crippen LogP contribution is 2.52. The summed E-state index contributed by atoms with van der Waals surface area (Å²) < 4.78 is 0. The quantitative estimate of drug-likeness (QED) is 0.230. The van der Waals surface area contributed by atoms with Crippen molar-refractivity contribution in [3.05, 3.63) is 144 Å². The van der Waals surface area contributed by atoms with Gasteiger partial charge in [-0.05, 0) is 76.3 Å². The van der Waals surface area contributed by atoms with Gasteiger partial charge in [0.15, 0.2) is 5.69 Å². The standard InChI is InChI=1S/C36H8N10/c1-44-24-8-21(14-39)5-22(9-24)29(15-40)33-28-11-27-25(10-26(28)32(18-43)36(33)46-3)30(16-41)31(17-42)34(27)35(45-2)23-6-19(12-37)4-20(7-23)13-38/h4-11H/b33-29-,35-34+. The van der Waals surface area contributed by atoms with Crippen molar-refractivity contribution in [3.63, 3.8) is 0 Å². The Morgan fingerprint density at radius 3 is 1.57 bits per heavy atom. The molecular weight excluding hydrogens is 572 g/mol. The molecule has 0 fully saturated rings. The van der Waals surface area contributed by atoms with Gasteiger partial charge in [-0.3, -0.25) is 0 Å². The lowest BCUT2D eigenvalue weighted by atomic mass is 9.89. The van der Waals surface area contributed by atoms with Gasteiger partial charge in [0.2, 0.25) is 11.4 Å². The predicted molar refractivity (Wildman–Crippen MR) is 163 cm³/mol. The summed E-state index contributed by atoms with van der Waals surface area (Å²) in [7, 11) is 0. The molecule has 202 valence electrons. The molecule has 10 heteroatoms. The zero-order valence-electron chi connectivity index (χ0n) is 23.1. The summed E-state index contributed by atoms with van der Waals surface area (Å²) in [6.45, 7) is 23.4. The molecular formula is C36H8N10. The fourth-order valence-electron chi connectivity index (χ4n) is 5.46. The van der Waals surface area contributed by atoms with Gasteiger partial charge < -0.3 is 0 Å². The summed E-state index contributed by atoms with van der Waals surface area (Å²) in [6.07, 6.45) is 0. The Kier molecular flexibility index (Phi) is 7.21. The number of hydrogen-bond donors (Lipinski definition) is 0. The number of fused-ring (bicyclic) bond motifs is 2. The van der Waals surface area contributed by atoms with Crippen LogP contribution in [0.4, 0.5) is 5.69 Å². The van der Waals surface area contributed by atoms with Crippen LogP contribution >= 0.6 is 0 Å². The molecule has 3 aromatic rings. The highest BCUT2D eigenvalue weighted by atomic mass is 14.7. The Morgan fingerprint density at radius 1 is 0.500 bits per heavy atom. The van der Waals surface area contributed by atoms with Gasteiger partial charge in [0.25, 0.3) is 0 Å². The molecule has 0 aromatic heterocycles. The molecule has 0 unspecified atom stereocenters. The molecule has 0 N–H and O–H groups in total. The van der Waals surface area contributed by atoms with Gasteiger partial charge in [0, 0.05) is 22.3 Å². The maximum Gasteiger partial charge on any atom is 0.214 e. The third kappa shape index (κ3) is 4.27. The van der Waals surface area contributed by atoms with Gasteiger partial charge in [-0.1, -0.05) is 0 Å². The van der Waals surface area contributed by atoms with E-state index in [1.165, 1.54) is 48.5 Å². The Labute approximate surface area is 262 Å². The highest BCUT2D eigenvalue weighted by Gasteiger charge is 2.36. The summed E-state index contributed by atoms with van der Waals surface area (Å²) in [5.41, 5.74) is 0.960. The third-order valence-electron chi connectivity index (χ3n) is 7.30. The van der Waals surface area contributed by atoms with Crippen LogP contribution in [0, 0.1) is 99.0 Å². The maximum atomic E-state index is 10.4. The van der Waals surface area contributed by atoms with Crippen molar-refractivity contribution in [3.8, 4) is 42.5 Å². The van der Waals surface area contributed by atoms with E-state index in [2.05, 4.69) is 20.6 Å². The van der Waals surface area contributed by atoms with Crippen molar-refractivity contribution in [2.75, 3.05) is 0 Å². The minimum Gasteiger partial charge on any atom is -0.238 e. The maximum absolute atomic E-state index is 10.4. The second-order valence-electron chi connectivity index (χ2n) is 9.58. The van der Waals surface area contributed by atoms with E-state index >= 15 is 0 Å². The molecule has 0 spiro atoms. The predicted octanol–water partition coefficient (Wildman–Crippen LogP) is 7.06. The monoisotopic (exact) mass is 580 g/mol. The van der Waals surface area contributed by atoms with Crippen molar-refractivity contribution in [2.45, 2.75) is 0 Å². The van der Waals surface area contributed by atoms with E-state index in [-0.39, 0.29) is 101 Å². The molecule has 0 heterocycles. The van der Waals surface area contributed by atoms with Gasteiger partial charge in [-0.25, -0.2) is 14.5 Å². The lowest BCUT2D eigenvalue weighted by Gasteiger charge is -2.13. The summed E-state index contributed by atoms with van der Waals surface area (Å²) in [6, 6.07) is 25.1. The van der Waals surface area contributed by atoms with E-state index in [9.17, 15) is 36.8 Å². The van der Waals surface area contributed by atoms with Crippen LogP contribution in [0.2, 0.25) is 0 Å². The lowest BCUT2D eigenvalue weighted by molar-refractivity contribution is 1.43. The molecule has 0 saturated heterocycles. The van der Waals surface area contributed by atoms with Crippen LogP contribution in [-0.4, -0.2) is 0 Å². The van der Waals surface area contributed by atoms with Gasteiger partial charge in [0.05, 0.1) is 89.6 Å². The van der Waals surface area contributed by atoms with Crippen LogP contribution < -0.4 is 0 Å². The van der Waals surface area contributed by atoms with E-state index in [4.69, 9.17) is 19.7 Å². The second-order valence-corrected chi connectivity index (χ2v) is 9.58. The molecule has 0 amide bonds. The first-order chi connectivity index (χ1) is 22.4. The van der Waals surface area contributed by atoms with Crippen LogP contribution in [-0.2, 0) is 0 Å². The number of rotatable bonds is 2. The fraction of sp³-hybridized carbons (Fsp3) is 0. The molecule has 0 aliphatic heterocycles. The normalized spacial score (nSPS) is 14.2. The van der Waals surface area contributed by atoms with Crippen molar-refractivity contribution < 1.29 is 0 Å². The minimum absolute atomic E-state index is 0.0419. The molecule has 0 saturated carbocycles. The molecule has 0 radical (unpaired) electrons. The minimum atomic E-state index is -0.163. The van der Waals surface area contributed by atoms with E-state index in [1.807, 2.05) is 36.4 Å². The van der Waals surface area contributed by atoms with Crippen LogP contribution in [0.5, 0.6) is 0 Å². The molecule has 3 aromatic carbocycles. The highest BCUT2D eigenvalue weighted by molar-refractivity contribution is 6.20. The Bertz CT molecular complexity index is 2330. The van der Waals surface area contributed by atoms with E-state index < -0.39 is 0 Å². The first-order valence-electron chi connectivity index (χ1n) is 12.8. The number of allylic oxidation sites excluding steroid dienone is 6. The van der Waals surface area contributed by atoms with Gasteiger partial charge >= 0.3 is 0 Å². The van der Waals surface area contributed by atoms with Crippen molar-refractivity contribution in [2.24, 2.45) is 0 Å². The zero-order valence-corrected chi connectivity index (χ0v) is 23.1. The van der Waals surface area contributed by atoms with Gasteiger partial charge in [-0.2, -0.15) is 36.8 Å². The summed E-state index contributed by atoms with van der Waals surface area (Å²) in [5.74, 6) is 0. The SMILES string of the molecule is [C-]#[N+]C1=C(C#N)c2cc3c(cc2/C1=C(\C#N)c1cc(C#N)cc([N+]#[C-])c1)/C(=C(\[N+]#[C-])c1cc(C#N)cc(C#N)c1)C(C#N)=C3C#N. The number of nitriles is 7. The largest absolute Gasteiger partial charge is 0.238 e. The lowest BCUT2D eigenvalue weighted by Crippen LogP contribution is -1.96. The average molecular weight is 581 g/mol. The van der Waals surface area contributed by atoms with Crippen LogP contribution in [0.3, 0.4) is 0 Å². The second kappa shape index (κ2) is 11.4. The Balaban J connectivity index is 1.95. The van der Waals surface area contributed by atoms with E-state index in [1.54, 1.807) is 0 Å². The third-order valence-corrected chi connectivity index (χ3v) is 7.30. The van der Waals surface area contributed by atoms with Crippen molar-refractivity contribution in [1.29, 1.82) is 36.8 Å². The van der Waals surface area contributed by atoms with Gasteiger partial charge in [0.1, 0.15) is 6.07 Å². The first-order valence-corrected chi connectivity index (χ1v) is 12.8. The topological polar surface area (TPSA) is 180 Å². The van der Waals surface area contributed by atoms with Crippen molar-refractivity contribution in [1.82, 2.24) is 0 Å². The smallest absolute Gasteiger partial charge is 0.214 e. The molecule has 46 heavy (non-hydrogen) atoms. The first kappa shape index (κ1) is 29.0. The molecule has 5 rings (SSSR count). The molecule has 10 nitrogen and oxygen atoms in total. The van der Waals surface area contributed by atoms with E-state index in [0.29, 0.717) is 0 Å². The Morgan fingerprint density at radius 2 is 1.04 bits per heavy atom. The summed E-state index contributed by atoms with van der Waals surface area (Å²) in [5, 5.41) is 69.5. The van der Waals surface area contributed by atoms with Gasteiger partial charge in [-0.15, -0.1) is 0 Å². The summed E-state index contributed by atoms with van der Waals surface area (Å²) in [4.78, 5) is 10.6. The molecule has 0 bridgehead atoms. The molecule has 2 aliphatic carbocycles. The van der Waals surface area contributed by atoms with Crippen LogP contribution in [0.1, 0.15) is 50.1 Å². The van der Waals surface area contributed by atoms with Crippen molar-refractivity contribution >= 4 is 39.2 Å². The molecule has 0 atom stereocenters. The average Bonchev–Trinajstić information content (AvgIpc) is 3.57. The fourth-order valence-corrected chi connectivity index (χ4v) is 5.46. The van der Waals surface area contributed by atoms with Crippen LogP contribution in [0.25, 0.3) is 48.1 Å². The number of benzene rings is 3. The number of hydrogen-bond acceptors (Lipinski definition) is 7.